The van der Waals surface area contributed by atoms with Crippen LogP contribution in [0.4, 0.5) is 27.7 Å². The number of thioether (sulfide) groups is 1. The molecule has 150 valence electrons. The van der Waals surface area contributed by atoms with Crippen molar-refractivity contribution in [2.45, 2.75) is 12.7 Å². The minimum absolute atomic E-state index is 0.0758. The van der Waals surface area contributed by atoms with E-state index in [1.807, 2.05) is 0 Å². The molecule has 1 amide bonds. The molecule has 2 aromatic carbocycles. The highest BCUT2D eigenvalue weighted by molar-refractivity contribution is 7.99. The van der Waals surface area contributed by atoms with Crippen LogP contribution in [0, 0.1) is 12.7 Å². The second kappa shape index (κ2) is 9.53. The maximum Gasteiger partial charge on any atom is 0.234 e. The maximum absolute atomic E-state index is 13.3. The molecule has 7 nitrogen and oxygen atoms in total. The number of benzene rings is 2. The second-order valence-corrected chi connectivity index (χ2v) is 7.49. The van der Waals surface area contributed by atoms with Gasteiger partial charge in [-0.25, -0.2) is 4.39 Å². The van der Waals surface area contributed by atoms with Crippen molar-refractivity contribution in [2.75, 3.05) is 22.1 Å². The van der Waals surface area contributed by atoms with Gasteiger partial charge in [0.15, 0.2) is 0 Å². The Bertz CT molecular complexity index is 1020. The Balaban J connectivity index is 1.56. The summed E-state index contributed by atoms with van der Waals surface area (Å²) >= 11 is 7.18. The predicted octanol–water partition coefficient (Wildman–Crippen LogP) is 4.17. The van der Waals surface area contributed by atoms with Crippen LogP contribution in [-0.4, -0.2) is 26.6 Å². The number of rotatable bonds is 7. The van der Waals surface area contributed by atoms with Crippen LogP contribution in [0.5, 0.6) is 0 Å². The van der Waals surface area contributed by atoms with Gasteiger partial charge in [0.2, 0.25) is 17.8 Å². The molecule has 0 fully saturated rings. The SMILES string of the molecule is Cc1ccc(F)cc1NC(=O)CSCc1nc(N)nc(Nc2ccc(Cl)cc2)n1. The van der Waals surface area contributed by atoms with Gasteiger partial charge in [-0.05, 0) is 48.9 Å². The molecular weight excluding hydrogens is 415 g/mol. The second-order valence-electron chi connectivity index (χ2n) is 6.07. The minimum atomic E-state index is -0.403. The van der Waals surface area contributed by atoms with E-state index in [0.717, 1.165) is 11.3 Å². The number of aromatic nitrogens is 3. The van der Waals surface area contributed by atoms with Crippen molar-refractivity contribution >= 4 is 52.5 Å². The van der Waals surface area contributed by atoms with Gasteiger partial charge in [0.05, 0.1) is 11.5 Å². The third-order valence-corrected chi connectivity index (χ3v) is 4.92. The summed E-state index contributed by atoms with van der Waals surface area (Å²) in [5.41, 5.74) is 7.75. The summed E-state index contributed by atoms with van der Waals surface area (Å²) in [4.78, 5) is 24.6. The molecule has 0 atom stereocenters. The first-order chi connectivity index (χ1) is 13.9. The van der Waals surface area contributed by atoms with E-state index in [1.165, 1.54) is 23.9 Å². The highest BCUT2D eigenvalue weighted by Gasteiger charge is 2.09. The van der Waals surface area contributed by atoms with Crippen LogP contribution in [0.2, 0.25) is 5.02 Å². The first-order valence-electron chi connectivity index (χ1n) is 8.56. The summed E-state index contributed by atoms with van der Waals surface area (Å²) in [5.74, 6) is 0.681. The number of nitrogens with one attached hydrogen (secondary N) is 2. The predicted molar refractivity (Wildman–Crippen MR) is 115 cm³/mol. The van der Waals surface area contributed by atoms with Crippen LogP contribution in [0.1, 0.15) is 11.4 Å². The van der Waals surface area contributed by atoms with Crippen LogP contribution in [-0.2, 0) is 10.5 Å². The summed E-state index contributed by atoms with van der Waals surface area (Å²) in [7, 11) is 0. The largest absolute Gasteiger partial charge is 0.368 e. The molecular formula is C19H18ClFN6OS. The first-order valence-corrected chi connectivity index (χ1v) is 10.1. The smallest absolute Gasteiger partial charge is 0.234 e. The molecule has 0 saturated heterocycles. The fourth-order valence-electron chi connectivity index (χ4n) is 2.37. The molecule has 3 rings (SSSR count). The third-order valence-electron chi connectivity index (χ3n) is 3.74. The van der Waals surface area contributed by atoms with Gasteiger partial charge in [-0.3, -0.25) is 4.79 Å². The molecule has 1 heterocycles. The van der Waals surface area contributed by atoms with Crippen molar-refractivity contribution in [3.8, 4) is 0 Å². The van der Waals surface area contributed by atoms with Gasteiger partial charge in [0.25, 0.3) is 0 Å². The van der Waals surface area contributed by atoms with E-state index >= 15 is 0 Å². The van der Waals surface area contributed by atoms with E-state index in [1.54, 1.807) is 37.3 Å². The van der Waals surface area contributed by atoms with Gasteiger partial charge in [-0.2, -0.15) is 15.0 Å². The van der Waals surface area contributed by atoms with Crippen LogP contribution in [0.15, 0.2) is 42.5 Å². The topological polar surface area (TPSA) is 106 Å². The lowest BCUT2D eigenvalue weighted by atomic mass is 10.2. The normalized spacial score (nSPS) is 10.6. The van der Waals surface area contributed by atoms with Gasteiger partial charge in [0.1, 0.15) is 11.6 Å². The molecule has 0 bridgehead atoms. The van der Waals surface area contributed by atoms with E-state index in [4.69, 9.17) is 17.3 Å². The molecule has 0 saturated carbocycles. The zero-order valence-corrected chi connectivity index (χ0v) is 17.0. The number of nitrogens with two attached hydrogens (primary N) is 1. The number of hydrogen-bond donors (Lipinski definition) is 3. The molecule has 0 radical (unpaired) electrons. The van der Waals surface area contributed by atoms with E-state index in [9.17, 15) is 9.18 Å². The monoisotopic (exact) mass is 432 g/mol. The number of halogens is 2. The Morgan fingerprint density at radius 2 is 1.93 bits per heavy atom. The van der Waals surface area contributed by atoms with Crippen molar-refractivity contribution in [3.05, 3.63) is 64.7 Å². The molecule has 10 heteroatoms. The highest BCUT2D eigenvalue weighted by atomic mass is 35.5. The summed E-state index contributed by atoms with van der Waals surface area (Å²) in [5, 5.41) is 6.35. The molecule has 0 unspecified atom stereocenters. The van der Waals surface area contributed by atoms with Gasteiger partial charge in [-0.15, -0.1) is 11.8 Å². The Morgan fingerprint density at radius 1 is 1.17 bits per heavy atom. The summed E-state index contributed by atoms with van der Waals surface area (Å²) in [6.45, 7) is 1.80. The van der Waals surface area contributed by atoms with E-state index in [0.29, 0.717) is 28.2 Å². The Hall–Kier alpha value is -2.91. The molecule has 0 aliphatic heterocycles. The fraction of sp³-hybridized carbons (Fsp3) is 0.158. The van der Waals surface area contributed by atoms with Crippen LogP contribution in [0.25, 0.3) is 0 Å². The fourth-order valence-corrected chi connectivity index (χ4v) is 3.17. The number of nitrogen functional groups attached to an aromatic ring is 1. The number of carbonyl (C=O) groups excluding carboxylic acids is 1. The third kappa shape index (κ3) is 6.30. The van der Waals surface area contributed by atoms with Crippen molar-refractivity contribution in [2.24, 2.45) is 0 Å². The Kier molecular flexibility index (Phi) is 6.84. The van der Waals surface area contributed by atoms with Crippen molar-refractivity contribution in [3.63, 3.8) is 0 Å². The lowest BCUT2D eigenvalue weighted by Gasteiger charge is -2.09. The number of hydrogen-bond acceptors (Lipinski definition) is 7. The van der Waals surface area contributed by atoms with Crippen molar-refractivity contribution < 1.29 is 9.18 Å². The number of anilines is 4. The average molecular weight is 433 g/mol. The van der Waals surface area contributed by atoms with Crippen LogP contribution >= 0.6 is 23.4 Å². The summed E-state index contributed by atoms with van der Waals surface area (Å²) in [6, 6.07) is 11.3. The number of aryl methyl sites for hydroxylation is 1. The molecule has 3 aromatic rings. The Morgan fingerprint density at radius 3 is 2.69 bits per heavy atom. The van der Waals surface area contributed by atoms with E-state index < -0.39 is 5.82 Å². The van der Waals surface area contributed by atoms with E-state index in [-0.39, 0.29) is 17.6 Å². The van der Waals surface area contributed by atoms with Gasteiger partial charge in [-0.1, -0.05) is 17.7 Å². The van der Waals surface area contributed by atoms with Gasteiger partial charge in [0, 0.05) is 16.4 Å². The first kappa shape index (κ1) is 20.8. The Labute approximate surface area is 176 Å². The molecule has 1 aromatic heterocycles. The standard InChI is InChI=1S/C19H18ClFN6OS/c1-11-2-5-13(21)8-15(11)24-17(28)10-29-9-16-25-18(22)27-19(26-16)23-14-6-3-12(20)4-7-14/h2-8H,9-10H2,1H3,(H,24,28)(H3,22,23,25,26,27). The van der Waals surface area contributed by atoms with Crippen molar-refractivity contribution in [1.29, 1.82) is 0 Å². The number of amides is 1. The zero-order valence-electron chi connectivity index (χ0n) is 15.4. The average Bonchev–Trinajstić information content (AvgIpc) is 2.66. The maximum atomic E-state index is 13.3. The molecule has 29 heavy (non-hydrogen) atoms. The van der Waals surface area contributed by atoms with E-state index in [2.05, 4.69) is 25.6 Å². The number of carbonyl (C=O) groups is 1. The molecule has 0 spiro atoms. The summed E-state index contributed by atoms with van der Waals surface area (Å²) < 4.78 is 13.3. The summed E-state index contributed by atoms with van der Waals surface area (Å²) in [6.07, 6.45) is 0. The van der Waals surface area contributed by atoms with Gasteiger partial charge < -0.3 is 16.4 Å². The minimum Gasteiger partial charge on any atom is -0.368 e. The molecule has 0 aliphatic rings. The zero-order chi connectivity index (χ0) is 20.8. The van der Waals surface area contributed by atoms with Gasteiger partial charge >= 0.3 is 0 Å². The lowest BCUT2D eigenvalue weighted by Crippen LogP contribution is -2.15. The quantitative estimate of drug-likeness (QED) is 0.514. The lowest BCUT2D eigenvalue weighted by molar-refractivity contribution is -0.113. The van der Waals surface area contributed by atoms with Crippen molar-refractivity contribution in [1.82, 2.24) is 15.0 Å². The van der Waals surface area contributed by atoms with Crippen LogP contribution in [0.3, 0.4) is 0 Å². The van der Waals surface area contributed by atoms with Crippen LogP contribution < -0.4 is 16.4 Å². The highest BCUT2D eigenvalue weighted by Crippen LogP contribution is 2.19. The number of nitrogens with zero attached hydrogens (tertiary/aromatic N) is 3. The molecule has 0 aliphatic carbocycles. The molecule has 4 N–H and O–H groups in total.